The highest BCUT2D eigenvalue weighted by atomic mass is 16.5. The van der Waals surface area contributed by atoms with Gasteiger partial charge < -0.3 is 19.9 Å². The van der Waals surface area contributed by atoms with Crippen LogP contribution in [0.2, 0.25) is 0 Å². The zero-order chi connectivity index (χ0) is 13.5. The number of ether oxygens (including phenoxy) is 1. The van der Waals surface area contributed by atoms with Gasteiger partial charge in [-0.3, -0.25) is 0 Å². The van der Waals surface area contributed by atoms with E-state index >= 15 is 0 Å². The summed E-state index contributed by atoms with van der Waals surface area (Å²) in [4.78, 5) is 5.27. The molecule has 1 heterocycles. The Labute approximate surface area is 114 Å². The molecule has 2 aromatic rings. The summed E-state index contributed by atoms with van der Waals surface area (Å²) in [6, 6.07) is 12.1. The van der Waals surface area contributed by atoms with Crippen molar-refractivity contribution in [2.45, 2.75) is 6.54 Å². The van der Waals surface area contributed by atoms with Crippen LogP contribution in [0.4, 0.5) is 5.69 Å². The lowest BCUT2D eigenvalue weighted by Crippen LogP contribution is -2.19. The van der Waals surface area contributed by atoms with Crippen LogP contribution in [0, 0.1) is 0 Å². The minimum atomic E-state index is 0.701. The number of likely N-dealkylation sites (N-methyl/N-ethyl adjacent to an activating group) is 1. The highest BCUT2D eigenvalue weighted by Gasteiger charge is 1.98. The lowest BCUT2D eigenvalue weighted by atomic mass is 10.3. The standard InChI is InChI=1S/C15H21N3O/c1-18(2)9-10-19-15-7-3-5-13(11-15)17-12-14-6-4-8-16-14/h3-8,11,16-17H,9-10,12H2,1-2H3. The topological polar surface area (TPSA) is 40.3 Å². The van der Waals surface area contributed by atoms with Crippen molar-refractivity contribution in [3.63, 3.8) is 0 Å². The summed E-state index contributed by atoms with van der Waals surface area (Å²) in [5.41, 5.74) is 2.23. The summed E-state index contributed by atoms with van der Waals surface area (Å²) in [6.45, 7) is 2.40. The van der Waals surface area contributed by atoms with Crippen LogP contribution in [0.25, 0.3) is 0 Å². The van der Waals surface area contributed by atoms with Gasteiger partial charge in [0, 0.05) is 30.2 Å². The molecule has 19 heavy (non-hydrogen) atoms. The van der Waals surface area contributed by atoms with Crippen molar-refractivity contribution in [2.24, 2.45) is 0 Å². The molecule has 0 fully saturated rings. The van der Waals surface area contributed by atoms with Crippen molar-refractivity contribution in [2.75, 3.05) is 32.6 Å². The van der Waals surface area contributed by atoms with E-state index in [2.05, 4.69) is 21.3 Å². The summed E-state index contributed by atoms with van der Waals surface area (Å²) in [5.74, 6) is 0.901. The van der Waals surface area contributed by atoms with E-state index in [1.807, 2.05) is 50.6 Å². The minimum Gasteiger partial charge on any atom is -0.492 e. The molecule has 0 saturated carbocycles. The lowest BCUT2D eigenvalue weighted by molar-refractivity contribution is 0.261. The molecular formula is C15H21N3O. The molecule has 0 atom stereocenters. The first kappa shape index (κ1) is 13.5. The monoisotopic (exact) mass is 259 g/mol. The Morgan fingerprint density at radius 2 is 2.11 bits per heavy atom. The van der Waals surface area contributed by atoms with Crippen LogP contribution in [-0.4, -0.2) is 37.1 Å². The molecule has 0 unspecified atom stereocenters. The summed E-state index contributed by atoms with van der Waals surface area (Å²) in [7, 11) is 4.08. The quantitative estimate of drug-likeness (QED) is 0.803. The van der Waals surface area contributed by atoms with Gasteiger partial charge in [-0.2, -0.15) is 0 Å². The van der Waals surface area contributed by atoms with Gasteiger partial charge in [-0.1, -0.05) is 6.07 Å². The van der Waals surface area contributed by atoms with E-state index in [-0.39, 0.29) is 0 Å². The smallest absolute Gasteiger partial charge is 0.121 e. The Kier molecular flexibility index (Phi) is 4.86. The average Bonchev–Trinajstić information content (AvgIpc) is 2.89. The summed E-state index contributed by atoms with van der Waals surface area (Å²) >= 11 is 0. The summed E-state index contributed by atoms with van der Waals surface area (Å²) in [5, 5.41) is 3.36. The van der Waals surface area contributed by atoms with Gasteiger partial charge in [0.1, 0.15) is 12.4 Å². The molecular weight excluding hydrogens is 238 g/mol. The van der Waals surface area contributed by atoms with Crippen molar-refractivity contribution in [1.29, 1.82) is 0 Å². The van der Waals surface area contributed by atoms with Crippen molar-refractivity contribution < 1.29 is 4.74 Å². The Hall–Kier alpha value is -1.94. The predicted molar refractivity (Wildman–Crippen MR) is 78.6 cm³/mol. The molecule has 0 aliphatic heterocycles. The Morgan fingerprint density at radius 3 is 2.84 bits per heavy atom. The number of rotatable bonds is 7. The number of anilines is 1. The molecule has 0 spiro atoms. The molecule has 0 bridgehead atoms. The Morgan fingerprint density at radius 1 is 1.21 bits per heavy atom. The summed E-state index contributed by atoms with van der Waals surface area (Å²) in [6.07, 6.45) is 1.93. The van der Waals surface area contributed by atoms with Gasteiger partial charge in [0.05, 0.1) is 6.54 Å². The zero-order valence-electron chi connectivity index (χ0n) is 11.5. The third-order valence-electron chi connectivity index (χ3n) is 2.79. The van der Waals surface area contributed by atoms with E-state index in [9.17, 15) is 0 Å². The maximum Gasteiger partial charge on any atom is 0.121 e. The normalized spacial score (nSPS) is 10.7. The van der Waals surface area contributed by atoms with Crippen molar-refractivity contribution in [3.05, 3.63) is 48.3 Å². The van der Waals surface area contributed by atoms with E-state index in [0.717, 1.165) is 24.5 Å². The third kappa shape index (κ3) is 4.67. The summed E-state index contributed by atoms with van der Waals surface area (Å²) < 4.78 is 5.71. The predicted octanol–water partition coefficient (Wildman–Crippen LogP) is 2.57. The van der Waals surface area contributed by atoms with Crippen molar-refractivity contribution in [1.82, 2.24) is 9.88 Å². The van der Waals surface area contributed by atoms with Crippen molar-refractivity contribution in [3.8, 4) is 5.75 Å². The largest absolute Gasteiger partial charge is 0.492 e. The van der Waals surface area contributed by atoms with Crippen LogP contribution in [-0.2, 0) is 6.54 Å². The fraction of sp³-hybridized carbons (Fsp3) is 0.333. The number of aromatic amines is 1. The van der Waals surface area contributed by atoms with Crippen LogP contribution < -0.4 is 10.1 Å². The molecule has 1 aromatic heterocycles. The average molecular weight is 259 g/mol. The molecule has 2 N–H and O–H groups in total. The van der Waals surface area contributed by atoms with Crippen LogP contribution in [0.15, 0.2) is 42.6 Å². The number of nitrogens with one attached hydrogen (secondary N) is 2. The second kappa shape index (κ2) is 6.85. The van der Waals surface area contributed by atoms with Gasteiger partial charge in [-0.15, -0.1) is 0 Å². The number of nitrogens with zero attached hydrogens (tertiary/aromatic N) is 1. The van der Waals surface area contributed by atoms with Gasteiger partial charge in [0.25, 0.3) is 0 Å². The van der Waals surface area contributed by atoms with Crippen LogP contribution in [0.5, 0.6) is 5.75 Å². The van der Waals surface area contributed by atoms with E-state index in [1.165, 1.54) is 5.69 Å². The zero-order valence-corrected chi connectivity index (χ0v) is 11.5. The maximum atomic E-state index is 5.71. The van der Waals surface area contributed by atoms with Gasteiger partial charge in [-0.05, 0) is 38.4 Å². The number of hydrogen-bond donors (Lipinski definition) is 2. The van der Waals surface area contributed by atoms with Crippen LogP contribution in [0.3, 0.4) is 0 Å². The van der Waals surface area contributed by atoms with E-state index in [0.29, 0.717) is 6.61 Å². The number of H-pyrrole nitrogens is 1. The molecule has 1 aromatic carbocycles. The number of benzene rings is 1. The molecule has 0 saturated heterocycles. The van der Waals surface area contributed by atoms with Gasteiger partial charge in [-0.25, -0.2) is 0 Å². The molecule has 4 heteroatoms. The Bertz CT molecular complexity index is 480. The number of hydrogen-bond acceptors (Lipinski definition) is 3. The molecule has 0 radical (unpaired) electrons. The first-order valence-corrected chi connectivity index (χ1v) is 6.48. The molecule has 2 rings (SSSR count). The second-order valence-corrected chi connectivity index (χ2v) is 4.73. The van der Waals surface area contributed by atoms with Crippen LogP contribution in [0.1, 0.15) is 5.69 Å². The molecule has 102 valence electrons. The fourth-order valence-electron chi connectivity index (χ4n) is 1.72. The number of aromatic nitrogens is 1. The van der Waals surface area contributed by atoms with E-state index in [4.69, 9.17) is 4.74 Å². The third-order valence-corrected chi connectivity index (χ3v) is 2.79. The highest BCUT2D eigenvalue weighted by molar-refractivity contribution is 5.48. The first-order chi connectivity index (χ1) is 9.24. The molecule has 0 aliphatic rings. The SMILES string of the molecule is CN(C)CCOc1cccc(NCc2ccc[nH]2)c1. The maximum absolute atomic E-state index is 5.71. The van der Waals surface area contributed by atoms with Crippen molar-refractivity contribution >= 4 is 5.69 Å². The van der Waals surface area contributed by atoms with E-state index in [1.54, 1.807) is 0 Å². The Balaban J connectivity index is 1.84. The van der Waals surface area contributed by atoms with Gasteiger partial charge in [0.2, 0.25) is 0 Å². The van der Waals surface area contributed by atoms with Gasteiger partial charge in [0.15, 0.2) is 0 Å². The first-order valence-electron chi connectivity index (χ1n) is 6.48. The lowest BCUT2D eigenvalue weighted by Gasteiger charge is -2.12. The highest BCUT2D eigenvalue weighted by Crippen LogP contribution is 2.17. The van der Waals surface area contributed by atoms with E-state index < -0.39 is 0 Å². The van der Waals surface area contributed by atoms with Gasteiger partial charge >= 0.3 is 0 Å². The molecule has 0 aliphatic carbocycles. The minimum absolute atomic E-state index is 0.701. The molecule has 0 amide bonds. The van der Waals surface area contributed by atoms with Crippen LogP contribution >= 0.6 is 0 Å². The molecule has 4 nitrogen and oxygen atoms in total. The fourth-order valence-corrected chi connectivity index (χ4v) is 1.72. The second-order valence-electron chi connectivity index (χ2n) is 4.73.